The average Bonchev–Trinajstić information content (AvgIpc) is 2.40. The first-order chi connectivity index (χ1) is 9.06. The number of hydrogen-bond donors (Lipinski definition) is 0. The molecule has 1 saturated heterocycles. The van der Waals surface area contributed by atoms with Crippen LogP contribution in [0.4, 0.5) is 4.39 Å². The molecule has 104 valence electrons. The summed E-state index contributed by atoms with van der Waals surface area (Å²) >= 11 is 0. The number of nitrogens with zero attached hydrogens (tertiary/aromatic N) is 2. The molecule has 2 rings (SSSR count). The monoisotopic (exact) mass is 264 g/mol. The number of benzene rings is 1. The third-order valence-corrected chi connectivity index (χ3v) is 3.82. The fourth-order valence-electron chi connectivity index (χ4n) is 2.52. The van der Waals surface area contributed by atoms with Crippen LogP contribution >= 0.6 is 0 Å². The van der Waals surface area contributed by atoms with Gasteiger partial charge in [0.05, 0.1) is 6.54 Å². The highest BCUT2D eigenvalue weighted by Gasteiger charge is 2.22. The Balaban J connectivity index is 1.85. The predicted octanol–water partition coefficient (Wildman–Crippen LogP) is 2.03. The van der Waals surface area contributed by atoms with Gasteiger partial charge in [-0.05, 0) is 51.2 Å². The summed E-state index contributed by atoms with van der Waals surface area (Å²) in [5.41, 5.74) is 0.594. The van der Waals surface area contributed by atoms with Crippen LogP contribution in [-0.2, 0) is 0 Å². The van der Waals surface area contributed by atoms with E-state index in [1.165, 1.54) is 12.1 Å². The molecule has 1 aromatic carbocycles. The summed E-state index contributed by atoms with van der Waals surface area (Å²) in [5, 5.41) is 0. The second kappa shape index (κ2) is 6.26. The zero-order valence-electron chi connectivity index (χ0n) is 11.6. The molecule has 0 amide bonds. The Hall–Kier alpha value is -1.26. The van der Waals surface area contributed by atoms with E-state index >= 15 is 0 Å². The minimum Gasteiger partial charge on any atom is -0.306 e. The van der Waals surface area contributed by atoms with Crippen LogP contribution in [0.1, 0.15) is 23.2 Å². The summed E-state index contributed by atoms with van der Waals surface area (Å²) in [7, 11) is 4.20. The molecule has 0 spiro atoms. The van der Waals surface area contributed by atoms with Gasteiger partial charge >= 0.3 is 0 Å². The number of carbonyl (C=O) groups excluding carboxylic acids is 1. The Morgan fingerprint density at radius 3 is 2.37 bits per heavy atom. The first-order valence-corrected chi connectivity index (χ1v) is 6.74. The Kier molecular flexibility index (Phi) is 4.66. The Bertz CT molecular complexity index is 422. The highest BCUT2D eigenvalue weighted by molar-refractivity contribution is 5.97. The molecule has 1 fully saturated rings. The van der Waals surface area contributed by atoms with Crippen LogP contribution in [0, 0.1) is 5.82 Å². The van der Waals surface area contributed by atoms with Gasteiger partial charge in [-0.3, -0.25) is 9.69 Å². The number of carbonyl (C=O) groups is 1. The Labute approximate surface area is 114 Å². The van der Waals surface area contributed by atoms with Gasteiger partial charge in [0.15, 0.2) is 5.78 Å². The fourth-order valence-corrected chi connectivity index (χ4v) is 2.52. The predicted molar refractivity (Wildman–Crippen MR) is 73.9 cm³/mol. The SMILES string of the molecule is CN(C)C1CCN(CC(=O)c2ccc(F)cc2)CC1. The van der Waals surface area contributed by atoms with Crippen molar-refractivity contribution >= 4 is 5.78 Å². The number of halogens is 1. The van der Waals surface area contributed by atoms with Crippen LogP contribution in [0.15, 0.2) is 24.3 Å². The molecule has 0 N–H and O–H groups in total. The van der Waals surface area contributed by atoms with Gasteiger partial charge in [-0.2, -0.15) is 0 Å². The van der Waals surface area contributed by atoms with E-state index in [4.69, 9.17) is 0 Å². The topological polar surface area (TPSA) is 23.6 Å². The van der Waals surface area contributed by atoms with E-state index in [1.807, 2.05) is 0 Å². The van der Waals surface area contributed by atoms with Crippen LogP contribution in [0.5, 0.6) is 0 Å². The molecule has 0 aliphatic carbocycles. The van der Waals surface area contributed by atoms with Crippen molar-refractivity contribution in [1.29, 1.82) is 0 Å². The van der Waals surface area contributed by atoms with Gasteiger partial charge in [0.25, 0.3) is 0 Å². The average molecular weight is 264 g/mol. The lowest BCUT2D eigenvalue weighted by Crippen LogP contribution is -2.43. The Morgan fingerprint density at radius 2 is 1.84 bits per heavy atom. The van der Waals surface area contributed by atoms with Gasteiger partial charge < -0.3 is 4.90 Å². The van der Waals surface area contributed by atoms with Crippen molar-refractivity contribution in [2.24, 2.45) is 0 Å². The normalized spacial score (nSPS) is 17.9. The number of likely N-dealkylation sites (tertiary alicyclic amines) is 1. The van der Waals surface area contributed by atoms with E-state index in [2.05, 4.69) is 23.9 Å². The molecule has 1 aliphatic heterocycles. The maximum absolute atomic E-state index is 12.8. The van der Waals surface area contributed by atoms with E-state index in [-0.39, 0.29) is 11.6 Å². The summed E-state index contributed by atoms with van der Waals surface area (Å²) in [4.78, 5) is 16.5. The van der Waals surface area contributed by atoms with Crippen LogP contribution < -0.4 is 0 Å². The molecule has 3 nitrogen and oxygen atoms in total. The molecule has 19 heavy (non-hydrogen) atoms. The lowest BCUT2D eigenvalue weighted by atomic mass is 10.0. The van der Waals surface area contributed by atoms with E-state index < -0.39 is 0 Å². The van der Waals surface area contributed by atoms with Gasteiger partial charge in [-0.1, -0.05) is 0 Å². The molecule has 0 bridgehead atoms. The first-order valence-electron chi connectivity index (χ1n) is 6.74. The minimum atomic E-state index is -0.302. The molecular formula is C15H21FN2O. The molecule has 1 heterocycles. The molecule has 0 unspecified atom stereocenters. The summed E-state index contributed by atoms with van der Waals surface area (Å²) < 4.78 is 12.8. The molecule has 1 aromatic rings. The maximum Gasteiger partial charge on any atom is 0.176 e. The summed E-state index contributed by atoms with van der Waals surface area (Å²) in [6, 6.07) is 6.42. The quantitative estimate of drug-likeness (QED) is 0.778. The smallest absolute Gasteiger partial charge is 0.176 e. The van der Waals surface area contributed by atoms with Crippen molar-refractivity contribution < 1.29 is 9.18 Å². The van der Waals surface area contributed by atoms with Crippen molar-refractivity contribution in [2.45, 2.75) is 18.9 Å². The van der Waals surface area contributed by atoms with Crippen LogP contribution in [0.3, 0.4) is 0 Å². The molecule has 0 radical (unpaired) electrons. The second-order valence-corrected chi connectivity index (χ2v) is 5.40. The molecular weight excluding hydrogens is 243 g/mol. The number of ketones is 1. The van der Waals surface area contributed by atoms with Crippen molar-refractivity contribution in [3.05, 3.63) is 35.6 Å². The lowest BCUT2D eigenvalue weighted by molar-refractivity contribution is 0.0874. The van der Waals surface area contributed by atoms with E-state index in [0.717, 1.165) is 25.9 Å². The minimum absolute atomic E-state index is 0.0725. The van der Waals surface area contributed by atoms with Crippen molar-refractivity contribution in [3.8, 4) is 0 Å². The number of hydrogen-bond acceptors (Lipinski definition) is 3. The zero-order valence-corrected chi connectivity index (χ0v) is 11.6. The van der Waals surface area contributed by atoms with Gasteiger partial charge in [0, 0.05) is 24.7 Å². The number of rotatable bonds is 4. The standard InChI is InChI=1S/C15H21FN2O/c1-17(2)14-7-9-18(10-8-14)11-15(19)12-3-5-13(16)6-4-12/h3-6,14H,7-11H2,1-2H3. The molecule has 0 aromatic heterocycles. The highest BCUT2D eigenvalue weighted by Crippen LogP contribution is 2.14. The van der Waals surface area contributed by atoms with E-state index in [0.29, 0.717) is 18.2 Å². The third-order valence-electron chi connectivity index (χ3n) is 3.82. The molecule has 0 saturated carbocycles. The first kappa shape index (κ1) is 14.2. The molecule has 1 aliphatic rings. The van der Waals surface area contributed by atoms with Gasteiger partial charge in [0.2, 0.25) is 0 Å². The maximum atomic E-state index is 12.8. The third kappa shape index (κ3) is 3.85. The fraction of sp³-hybridized carbons (Fsp3) is 0.533. The van der Waals surface area contributed by atoms with E-state index in [1.54, 1.807) is 12.1 Å². The van der Waals surface area contributed by atoms with Crippen molar-refractivity contribution in [3.63, 3.8) is 0 Å². The van der Waals surface area contributed by atoms with Crippen molar-refractivity contribution in [1.82, 2.24) is 9.80 Å². The van der Waals surface area contributed by atoms with Crippen molar-refractivity contribution in [2.75, 3.05) is 33.7 Å². The number of Topliss-reactive ketones (excluding diaryl/α,β-unsaturated/α-hetero) is 1. The van der Waals surface area contributed by atoms with Crippen LogP contribution in [0.25, 0.3) is 0 Å². The second-order valence-electron chi connectivity index (χ2n) is 5.40. The Morgan fingerprint density at radius 1 is 1.26 bits per heavy atom. The highest BCUT2D eigenvalue weighted by atomic mass is 19.1. The lowest BCUT2D eigenvalue weighted by Gasteiger charge is -2.34. The molecule has 4 heteroatoms. The zero-order chi connectivity index (χ0) is 13.8. The molecule has 0 atom stereocenters. The van der Waals surface area contributed by atoms with Gasteiger partial charge in [0.1, 0.15) is 5.82 Å². The van der Waals surface area contributed by atoms with Gasteiger partial charge in [-0.25, -0.2) is 4.39 Å². The summed E-state index contributed by atoms with van der Waals surface area (Å²) in [5.74, 6) is -0.230. The summed E-state index contributed by atoms with van der Waals surface area (Å²) in [6.45, 7) is 2.34. The largest absolute Gasteiger partial charge is 0.306 e. The number of piperidine rings is 1. The van der Waals surface area contributed by atoms with Crippen LogP contribution in [-0.4, -0.2) is 55.4 Å². The van der Waals surface area contributed by atoms with Crippen LogP contribution in [0.2, 0.25) is 0 Å². The summed E-state index contributed by atoms with van der Waals surface area (Å²) in [6.07, 6.45) is 2.20. The van der Waals surface area contributed by atoms with Gasteiger partial charge in [-0.15, -0.1) is 0 Å². The van der Waals surface area contributed by atoms with E-state index in [9.17, 15) is 9.18 Å².